The van der Waals surface area contributed by atoms with E-state index in [1.54, 1.807) is 19.1 Å². The summed E-state index contributed by atoms with van der Waals surface area (Å²) >= 11 is 0. The Morgan fingerprint density at radius 3 is 1.77 bits per heavy atom. The van der Waals surface area contributed by atoms with Gasteiger partial charge in [-0.3, -0.25) is 0 Å². The van der Waals surface area contributed by atoms with E-state index in [9.17, 15) is 22.0 Å². The number of hydrogen-bond acceptors (Lipinski definition) is 1. The van der Waals surface area contributed by atoms with Crippen LogP contribution in [-0.2, 0) is 0 Å². The van der Waals surface area contributed by atoms with Gasteiger partial charge in [-0.1, -0.05) is 35.9 Å². The van der Waals surface area contributed by atoms with Crippen molar-refractivity contribution < 1.29 is 27.1 Å². The minimum absolute atomic E-state index is 0.225. The van der Waals surface area contributed by atoms with Crippen molar-refractivity contribution in [3.8, 4) is 0 Å². The second kappa shape index (κ2) is 6.27. The summed E-state index contributed by atoms with van der Waals surface area (Å²) in [5.74, 6) is -10.1. The second-order valence-electron chi connectivity index (χ2n) is 4.61. The molecule has 0 spiro atoms. The van der Waals surface area contributed by atoms with Gasteiger partial charge in [-0.15, -0.1) is 0 Å². The SMILES string of the molecule is Cc1ccc(/C(=C\CO)c2c(F)c(F)c(F)c(F)c2F)cc1. The Hall–Kier alpha value is -2.21. The molecule has 0 amide bonds. The third kappa shape index (κ3) is 2.74. The van der Waals surface area contributed by atoms with Crippen LogP contribution in [0.5, 0.6) is 0 Å². The van der Waals surface area contributed by atoms with Gasteiger partial charge in [-0.05, 0) is 18.1 Å². The lowest BCUT2D eigenvalue weighted by atomic mass is 9.95. The Bertz CT molecular complexity index is 706. The highest BCUT2D eigenvalue weighted by atomic mass is 19.2. The molecule has 22 heavy (non-hydrogen) atoms. The van der Waals surface area contributed by atoms with Crippen LogP contribution in [0.2, 0.25) is 0 Å². The fraction of sp³-hybridized carbons (Fsp3) is 0.125. The topological polar surface area (TPSA) is 20.2 Å². The van der Waals surface area contributed by atoms with Crippen molar-refractivity contribution in [2.45, 2.75) is 6.92 Å². The van der Waals surface area contributed by atoms with Crippen molar-refractivity contribution >= 4 is 5.57 Å². The molecule has 6 heteroatoms. The third-order valence-electron chi connectivity index (χ3n) is 3.14. The molecule has 0 aliphatic rings. The van der Waals surface area contributed by atoms with Crippen molar-refractivity contribution in [2.75, 3.05) is 6.61 Å². The van der Waals surface area contributed by atoms with Crippen molar-refractivity contribution in [3.05, 3.63) is 76.1 Å². The van der Waals surface area contributed by atoms with E-state index in [1.165, 1.54) is 12.1 Å². The lowest BCUT2D eigenvalue weighted by Crippen LogP contribution is -2.07. The highest BCUT2D eigenvalue weighted by Gasteiger charge is 2.28. The van der Waals surface area contributed by atoms with Gasteiger partial charge in [0.1, 0.15) is 0 Å². The quantitative estimate of drug-likeness (QED) is 0.513. The zero-order valence-corrected chi connectivity index (χ0v) is 11.4. The Labute approximate surface area is 123 Å². The number of aryl methyl sites for hydroxylation is 1. The second-order valence-corrected chi connectivity index (χ2v) is 4.61. The van der Waals surface area contributed by atoms with Crippen molar-refractivity contribution in [2.24, 2.45) is 0 Å². The molecule has 0 saturated carbocycles. The van der Waals surface area contributed by atoms with Crippen LogP contribution in [0.3, 0.4) is 0 Å². The van der Waals surface area contributed by atoms with Crippen molar-refractivity contribution in [1.82, 2.24) is 0 Å². The number of hydrogen-bond donors (Lipinski definition) is 1. The maximum absolute atomic E-state index is 13.9. The first kappa shape index (κ1) is 16.2. The van der Waals surface area contributed by atoms with Gasteiger partial charge in [0.05, 0.1) is 12.2 Å². The Morgan fingerprint density at radius 2 is 1.32 bits per heavy atom. The zero-order valence-electron chi connectivity index (χ0n) is 11.4. The molecule has 0 aliphatic heterocycles. The predicted molar refractivity (Wildman–Crippen MR) is 71.6 cm³/mol. The fourth-order valence-corrected chi connectivity index (χ4v) is 2.03. The molecule has 2 aromatic rings. The highest BCUT2D eigenvalue weighted by Crippen LogP contribution is 2.32. The minimum atomic E-state index is -2.22. The lowest BCUT2D eigenvalue weighted by Gasteiger charge is -2.13. The van der Waals surface area contributed by atoms with Crippen LogP contribution in [-0.4, -0.2) is 11.7 Å². The monoisotopic (exact) mass is 314 g/mol. The van der Waals surface area contributed by atoms with Crippen LogP contribution in [0.25, 0.3) is 5.57 Å². The van der Waals surface area contributed by atoms with E-state index in [1.807, 2.05) is 0 Å². The molecule has 1 N–H and O–H groups in total. The average molecular weight is 314 g/mol. The summed E-state index contributed by atoms with van der Waals surface area (Å²) in [5.41, 5.74) is -0.253. The molecule has 0 fully saturated rings. The van der Waals surface area contributed by atoms with Gasteiger partial charge in [-0.25, -0.2) is 22.0 Å². The average Bonchev–Trinajstić information content (AvgIpc) is 2.51. The molecule has 0 saturated heterocycles. The highest BCUT2D eigenvalue weighted by molar-refractivity contribution is 5.80. The standard InChI is InChI=1S/C16H11F5O/c1-8-2-4-9(5-3-8)10(6-7-22)11-12(17)14(19)16(21)15(20)13(11)18/h2-6,22H,7H2,1H3/b10-6+. The molecule has 0 unspecified atom stereocenters. The molecule has 116 valence electrons. The molecule has 1 nitrogen and oxygen atoms in total. The fourth-order valence-electron chi connectivity index (χ4n) is 2.03. The molecule has 2 aromatic carbocycles. The van der Waals surface area contributed by atoms with Crippen LogP contribution in [0.15, 0.2) is 30.3 Å². The molecule has 0 aliphatic carbocycles. The van der Waals surface area contributed by atoms with E-state index in [4.69, 9.17) is 5.11 Å². The summed E-state index contributed by atoms with van der Waals surface area (Å²) in [7, 11) is 0. The first-order valence-corrected chi connectivity index (χ1v) is 6.28. The molecule has 0 atom stereocenters. The summed E-state index contributed by atoms with van der Waals surface area (Å²) in [5, 5.41) is 9.01. The summed E-state index contributed by atoms with van der Waals surface area (Å²) < 4.78 is 67.6. The number of aliphatic hydroxyl groups is 1. The summed E-state index contributed by atoms with van der Waals surface area (Å²) in [6.07, 6.45) is 0.989. The number of benzene rings is 2. The van der Waals surface area contributed by atoms with Gasteiger partial charge in [0, 0.05) is 0 Å². The van der Waals surface area contributed by atoms with Crippen molar-refractivity contribution in [3.63, 3.8) is 0 Å². The predicted octanol–water partition coefficient (Wildman–Crippen LogP) is 4.11. The van der Waals surface area contributed by atoms with E-state index in [-0.39, 0.29) is 11.1 Å². The normalized spacial score (nSPS) is 11.9. The molecule has 0 bridgehead atoms. The number of rotatable bonds is 3. The third-order valence-corrected chi connectivity index (χ3v) is 3.14. The summed E-state index contributed by atoms with van der Waals surface area (Å²) in [6.45, 7) is 1.15. The zero-order chi connectivity index (χ0) is 16.4. The Balaban J connectivity index is 2.75. The number of halogens is 5. The van der Waals surface area contributed by atoms with Gasteiger partial charge in [0.15, 0.2) is 23.3 Å². The maximum atomic E-state index is 13.9. The van der Waals surface area contributed by atoms with Crippen LogP contribution in [0, 0.1) is 36.0 Å². The first-order valence-electron chi connectivity index (χ1n) is 6.28. The molecule has 2 rings (SSSR count). The molecule has 0 aromatic heterocycles. The maximum Gasteiger partial charge on any atom is 0.200 e. The van der Waals surface area contributed by atoms with Crippen LogP contribution in [0.1, 0.15) is 16.7 Å². The summed E-state index contributed by atoms with van der Waals surface area (Å²) in [4.78, 5) is 0. The Morgan fingerprint density at radius 1 is 0.864 bits per heavy atom. The van der Waals surface area contributed by atoms with E-state index >= 15 is 0 Å². The van der Waals surface area contributed by atoms with Gasteiger partial charge in [0.2, 0.25) is 5.82 Å². The van der Waals surface area contributed by atoms with E-state index in [0.717, 1.165) is 11.6 Å². The first-order chi connectivity index (χ1) is 10.4. The molecular weight excluding hydrogens is 303 g/mol. The number of aliphatic hydroxyl groups excluding tert-OH is 1. The molecule has 0 heterocycles. The molecule has 0 radical (unpaired) electrons. The van der Waals surface area contributed by atoms with Crippen molar-refractivity contribution in [1.29, 1.82) is 0 Å². The van der Waals surface area contributed by atoms with E-state index in [0.29, 0.717) is 0 Å². The smallest absolute Gasteiger partial charge is 0.200 e. The molecular formula is C16H11F5O. The Kier molecular flexibility index (Phi) is 4.61. The largest absolute Gasteiger partial charge is 0.392 e. The lowest BCUT2D eigenvalue weighted by molar-refractivity contribution is 0.343. The minimum Gasteiger partial charge on any atom is -0.392 e. The van der Waals surface area contributed by atoms with Crippen LogP contribution in [0.4, 0.5) is 22.0 Å². The van der Waals surface area contributed by atoms with Gasteiger partial charge < -0.3 is 5.11 Å². The van der Waals surface area contributed by atoms with Gasteiger partial charge >= 0.3 is 0 Å². The van der Waals surface area contributed by atoms with E-state index < -0.39 is 41.3 Å². The van der Waals surface area contributed by atoms with Crippen LogP contribution >= 0.6 is 0 Å². The van der Waals surface area contributed by atoms with Gasteiger partial charge in [0.25, 0.3) is 0 Å². The van der Waals surface area contributed by atoms with E-state index in [2.05, 4.69) is 0 Å². The summed E-state index contributed by atoms with van der Waals surface area (Å²) in [6, 6.07) is 6.17. The van der Waals surface area contributed by atoms with Crippen LogP contribution < -0.4 is 0 Å². The van der Waals surface area contributed by atoms with Gasteiger partial charge in [-0.2, -0.15) is 0 Å².